The molecule has 0 aliphatic rings. The van der Waals surface area contributed by atoms with Crippen LogP contribution >= 0.6 is 11.8 Å². The zero-order valence-electron chi connectivity index (χ0n) is 11.9. The molecular formula is C15H23NO2S. The number of nitrogens with one attached hydrogen (secondary N) is 1. The Hall–Kier alpha value is -1.00. The average Bonchev–Trinajstić information content (AvgIpc) is 2.44. The lowest BCUT2D eigenvalue weighted by atomic mass is 9.96. The standard InChI is InChI=1S/C15H23NO2S/c1-4-16-15(2,14(17)18-3)11-8-12-19-13-9-6-5-7-10-13/h5-7,9-10,16H,4,8,11-12H2,1-3H3. The summed E-state index contributed by atoms with van der Waals surface area (Å²) >= 11 is 1.82. The predicted octanol–water partition coefficient (Wildman–Crippen LogP) is 3.10. The molecule has 1 N–H and O–H groups in total. The number of ether oxygens (including phenoxy) is 1. The SMILES string of the molecule is CCNC(C)(CCCSc1ccccc1)C(=O)OC. The lowest BCUT2D eigenvalue weighted by molar-refractivity contribution is -0.148. The minimum Gasteiger partial charge on any atom is -0.468 e. The molecule has 0 spiro atoms. The summed E-state index contributed by atoms with van der Waals surface area (Å²) < 4.78 is 4.88. The number of carbonyl (C=O) groups excluding carboxylic acids is 1. The molecule has 0 aromatic heterocycles. The van der Waals surface area contributed by atoms with Crippen LogP contribution in [0.1, 0.15) is 26.7 Å². The highest BCUT2D eigenvalue weighted by molar-refractivity contribution is 7.99. The number of likely N-dealkylation sites (N-methyl/N-ethyl adjacent to an activating group) is 1. The molecule has 0 bridgehead atoms. The molecule has 0 amide bonds. The van der Waals surface area contributed by atoms with Crippen molar-refractivity contribution in [2.24, 2.45) is 0 Å². The molecule has 0 aliphatic carbocycles. The Morgan fingerprint density at radius 3 is 2.63 bits per heavy atom. The van der Waals surface area contributed by atoms with Crippen molar-refractivity contribution in [1.29, 1.82) is 0 Å². The fraction of sp³-hybridized carbons (Fsp3) is 0.533. The first kappa shape index (κ1) is 16.1. The van der Waals surface area contributed by atoms with E-state index < -0.39 is 5.54 Å². The van der Waals surface area contributed by atoms with Gasteiger partial charge in [-0.3, -0.25) is 4.79 Å². The fourth-order valence-electron chi connectivity index (χ4n) is 2.01. The molecule has 19 heavy (non-hydrogen) atoms. The number of methoxy groups -OCH3 is 1. The van der Waals surface area contributed by atoms with E-state index in [1.54, 1.807) is 0 Å². The molecule has 1 unspecified atom stereocenters. The molecule has 106 valence electrons. The molecule has 4 heteroatoms. The van der Waals surface area contributed by atoms with E-state index in [-0.39, 0.29) is 5.97 Å². The molecule has 1 aromatic rings. The van der Waals surface area contributed by atoms with Gasteiger partial charge in [0.05, 0.1) is 7.11 Å². The molecule has 0 aliphatic heterocycles. The summed E-state index contributed by atoms with van der Waals surface area (Å²) in [5.74, 6) is 0.821. The fourth-order valence-corrected chi connectivity index (χ4v) is 2.88. The van der Waals surface area contributed by atoms with E-state index in [1.807, 2.05) is 43.8 Å². The van der Waals surface area contributed by atoms with Gasteiger partial charge in [-0.15, -0.1) is 11.8 Å². The molecule has 0 saturated heterocycles. The number of thioether (sulfide) groups is 1. The summed E-state index contributed by atoms with van der Waals surface area (Å²) in [6.45, 7) is 4.67. The molecule has 1 rings (SSSR count). The minimum absolute atomic E-state index is 0.181. The largest absolute Gasteiger partial charge is 0.468 e. The van der Waals surface area contributed by atoms with E-state index in [4.69, 9.17) is 4.74 Å². The topological polar surface area (TPSA) is 38.3 Å². The minimum atomic E-state index is -0.569. The highest BCUT2D eigenvalue weighted by Gasteiger charge is 2.32. The summed E-state index contributed by atoms with van der Waals surface area (Å²) in [4.78, 5) is 13.1. The van der Waals surface area contributed by atoms with Gasteiger partial charge >= 0.3 is 5.97 Å². The Kier molecular flexibility index (Phi) is 6.95. The van der Waals surface area contributed by atoms with Gasteiger partial charge in [0.15, 0.2) is 0 Å². The first-order valence-electron chi connectivity index (χ1n) is 6.63. The summed E-state index contributed by atoms with van der Waals surface area (Å²) in [6, 6.07) is 10.3. The first-order valence-corrected chi connectivity index (χ1v) is 7.62. The van der Waals surface area contributed by atoms with Crippen molar-refractivity contribution < 1.29 is 9.53 Å². The summed E-state index contributed by atoms with van der Waals surface area (Å²) in [7, 11) is 1.44. The molecule has 0 heterocycles. The van der Waals surface area contributed by atoms with Gasteiger partial charge in [-0.2, -0.15) is 0 Å². The number of hydrogen-bond acceptors (Lipinski definition) is 4. The summed E-state index contributed by atoms with van der Waals surface area (Å²) in [5, 5.41) is 3.22. The maximum absolute atomic E-state index is 11.8. The van der Waals surface area contributed by atoms with Crippen molar-refractivity contribution in [2.45, 2.75) is 37.1 Å². The van der Waals surface area contributed by atoms with Crippen molar-refractivity contribution in [2.75, 3.05) is 19.4 Å². The first-order chi connectivity index (χ1) is 9.12. The smallest absolute Gasteiger partial charge is 0.325 e. The Labute approximate surface area is 120 Å². The van der Waals surface area contributed by atoms with Gasteiger partial charge in [0.2, 0.25) is 0 Å². The van der Waals surface area contributed by atoms with Gasteiger partial charge in [-0.05, 0) is 44.2 Å². The van der Waals surface area contributed by atoms with Gasteiger partial charge < -0.3 is 10.1 Å². The number of hydrogen-bond donors (Lipinski definition) is 1. The van der Waals surface area contributed by atoms with Crippen molar-refractivity contribution in [3.8, 4) is 0 Å². The zero-order chi connectivity index (χ0) is 14.1. The highest BCUT2D eigenvalue weighted by Crippen LogP contribution is 2.21. The van der Waals surface area contributed by atoms with E-state index in [0.717, 1.165) is 25.1 Å². The average molecular weight is 281 g/mol. The van der Waals surface area contributed by atoms with Crippen LogP contribution in [-0.2, 0) is 9.53 Å². The van der Waals surface area contributed by atoms with Gasteiger partial charge in [0.1, 0.15) is 5.54 Å². The summed E-state index contributed by atoms with van der Waals surface area (Å²) in [6.07, 6.45) is 1.76. The normalized spacial score (nSPS) is 13.8. The Morgan fingerprint density at radius 2 is 2.05 bits per heavy atom. The molecule has 0 fully saturated rings. The molecule has 0 radical (unpaired) electrons. The van der Waals surface area contributed by atoms with E-state index in [1.165, 1.54) is 12.0 Å². The number of esters is 1. The van der Waals surface area contributed by atoms with Crippen LogP contribution < -0.4 is 5.32 Å². The quantitative estimate of drug-likeness (QED) is 0.451. The summed E-state index contributed by atoms with van der Waals surface area (Å²) in [5.41, 5.74) is -0.569. The van der Waals surface area contributed by atoms with E-state index in [2.05, 4.69) is 17.4 Å². The molecular weight excluding hydrogens is 258 g/mol. The van der Waals surface area contributed by atoms with Crippen molar-refractivity contribution in [3.63, 3.8) is 0 Å². The van der Waals surface area contributed by atoms with Gasteiger partial charge in [-0.1, -0.05) is 25.1 Å². The van der Waals surface area contributed by atoms with E-state index in [0.29, 0.717) is 0 Å². The van der Waals surface area contributed by atoms with E-state index >= 15 is 0 Å². The lowest BCUT2D eigenvalue weighted by Gasteiger charge is -2.27. The highest BCUT2D eigenvalue weighted by atomic mass is 32.2. The van der Waals surface area contributed by atoms with E-state index in [9.17, 15) is 4.79 Å². The molecule has 1 aromatic carbocycles. The monoisotopic (exact) mass is 281 g/mol. The van der Waals surface area contributed by atoms with Crippen LogP contribution in [0.2, 0.25) is 0 Å². The maximum atomic E-state index is 11.8. The van der Waals surface area contributed by atoms with Crippen LogP contribution in [0, 0.1) is 0 Å². The zero-order valence-corrected chi connectivity index (χ0v) is 12.8. The van der Waals surface area contributed by atoms with Gasteiger partial charge in [-0.25, -0.2) is 0 Å². The van der Waals surface area contributed by atoms with Crippen LogP contribution in [-0.4, -0.2) is 30.9 Å². The third-order valence-corrected chi connectivity index (χ3v) is 4.13. The third-order valence-electron chi connectivity index (χ3n) is 3.04. The third kappa shape index (κ3) is 5.25. The Morgan fingerprint density at radius 1 is 1.37 bits per heavy atom. The second kappa shape index (κ2) is 8.23. The number of benzene rings is 1. The van der Waals surface area contributed by atoms with Gasteiger partial charge in [0.25, 0.3) is 0 Å². The van der Waals surface area contributed by atoms with Crippen molar-refractivity contribution in [3.05, 3.63) is 30.3 Å². The van der Waals surface area contributed by atoms with Crippen molar-refractivity contribution in [1.82, 2.24) is 5.32 Å². The Balaban J connectivity index is 2.38. The molecule has 1 atom stereocenters. The second-order valence-electron chi connectivity index (χ2n) is 4.62. The lowest BCUT2D eigenvalue weighted by Crippen LogP contribution is -2.50. The maximum Gasteiger partial charge on any atom is 0.325 e. The van der Waals surface area contributed by atoms with Crippen LogP contribution in [0.3, 0.4) is 0 Å². The van der Waals surface area contributed by atoms with Crippen LogP contribution in [0.15, 0.2) is 35.2 Å². The molecule has 0 saturated carbocycles. The predicted molar refractivity (Wildman–Crippen MR) is 80.5 cm³/mol. The van der Waals surface area contributed by atoms with Gasteiger partial charge in [0, 0.05) is 4.90 Å². The number of carbonyl (C=O) groups is 1. The van der Waals surface area contributed by atoms with Crippen molar-refractivity contribution >= 4 is 17.7 Å². The Bertz CT molecular complexity index is 383. The molecule has 3 nitrogen and oxygen atoms in total. The van der Waals surface area contributed by atoms with Crippen LogP contribution in [0.4, 0.5) is 0 Å². The number of rotatable bonds is 8. The van der Waals surface area contributed by atoms with Crippen LogP contribution in [0.25, 0.3) is 0 Å². The van der Waals surface area contributed by atoms with Crippen LogP contribution in [0.5, 0.6) is 0 Å². The second-order valence-corrected chi connectivity index (χ2v) is 5.79.